The van der Waals surface area contributed by atoms with Gasteiger partial charge in [0.05, 0.1) is 22.2 Å². The molecule has 8 heteroatoms. The van der Waals surface area contributed by atoms with Gasteiger partial charge in [0.25, 0.3) is 11.8 Å². The van der Waals surface area contributed by atoms with E-state index in [1.54, 1.807) is 36.4 Å². The molecule has 0 spiro atoms. The van der Waals surface area contributed by atoms with E-state index in [-0.39, 0.29) is 31.6 Å². The van der Waals surface area contributed by atoms with Crippen LogP contribution in [0, 0.1) is 0 Å². The summed E-state index contributed by atoms with van der Waals surface area (Å²) in [4.78, 5) is 37.5. The molecule has 0 radical (unpaired) electrons. The van der Waals surface area contributed by atoms with E-state index < -0.39 is 5.97 Å². The second-order valence-corrected chi connectivity index (χ2v) is 7.51. The smallest absolute Gasteiger partial charge is 0.344 e. The van der Waals surface area contributed by atoms with Crippen molar-refractivity contribution in [3.8, 4) is 5.75 Å². The number of benzene rings is 2. The molecule has 0 bridgehead atoms. The van der Waals surface area contributed by atoms with Gasteiger partial charge in [0, 0.05) is 11.0 Å². The van der Waals surface area contributed by atoms with Gasteiger partial charge in [-0.05, 0) is 52.7 Å². The number of para-hydroxylation sites is 1. The molecular formula is C19H15Br2NO5. The predicted molar refractivity (Wildman–Crippen MR) is 105 cm³/mol. The number of carbonyl (C=O) groups is 3. The lowest BCUT2D eigenvalue weighted by Gasteiger charge is -2.13. The fraction of sp³-hybridized carbons (Fsp3) is 0.211. The number of nitrogens with zero attached hydrogens (tertiary/aromatic N) is 1. The van der Waals surface area contributed by atoms with Gasteiger partial charge in [-0.2, -0.15) is 0 Å². The Bertz CT molecular complexity index is 899. The van der Waals surface area contributed by atoms with E-state index in [2.05, 4.69) is 31.9 Å². The molecule has 0 N–H and O–H groups in total. The quantitative estimate of drug-likeness (QED) is 0.331. The van der Waals surface area contributed by atoms with Crippen LogP contribution in [0.5, 0.6) is 5.75 Å². The number of halogens is 2. The van der Waals surface area contributed by atoms with Crippen LogP contribution in [0.4, 0.5) is 0 Å². The Labute approximate surface area is 172 Å². The fourth-order valence-electron chi connectivity index (χ4n) is 2.61. The van der Waals surface area contributed by atoms with Crippen LogP contribution in [0.3, 0.4) is 0 Å². The number of hydrogen-bond acceptors (Lipinski definition) is 5. The highest BCUT2D eigenvalue weighted by Crippen LogP contribution is 2.26. The van der Waals surface area contributed by atoms with Gasteiger partial charge in [-0.25, -0.2) is 4.79 Å². The molecule has 0 fully saturated rings. The van der Waals surface area contributed by atoms with E-state index in [9.17, 15) is 14.4 Å². The lowest BCUT2D eigenvalue weighted by molar-refractivity contribution is -0.146. The molecular weight excluding hydrogens is 482 g/mol. The van der Waals surface area contributed by atoms with Crippen LogP contribution in [0.1, 0.15) is 27.1 Å². The van der Waals surface area contributed by atoms with Gasteiger partial charge in [-0.1, -0.05) is 28.1 Å². The Morgan fingerprint density at radius 1 is 1.00 bits per heavy atom. The van der Waals surface area contributed by atoms with Crippen LogP contribution in [0.2, 0.25) is 0 Å². The number of fused-ring (bicyclic) bond motifs is 1. The Kier molecular flexibility index (Phi) is 6.28. The molecule has 140 valence electrons. The summed E-state index contributed by atoms with van der Waals surface area (Å²) in [6, 6.07) is 12.2. The monoisotopic (exact) mass is 495 g/mol. The van der Waals surface area contributed by atoms with Crippen LogP contribution in [-0.4, -0.2) is 42.4 Å². The first-order valence-corrected chi connectivity index (χ1v) is 9.74. The second-order valence-electron chi connectivity index (χ2n) is 5.74. The highest BCUT2D eigenvalue weighted by Gasteiger charge is 2.35. The summed E-state index contributed by atoms with van der Waals surface area (Å²) in [7, 11) is 0. The Morgan fingerprint density at radius 3 is 2.52 bits per heavy atom. The molecule has 0 aromatic heterocycles. The molecule has 6 nitrogen and oxygen atoms in total. The van der Waals surface area contributed by atoms with Crippen molar-refractivity contribution in [1.82, 2.24) is 4.90 Å². The standard InChI is InChI=1S/C19H15Br2NO5/c20-12-6-7-13-14(10-12)19(25)22(18(13)24)8-3-9-26-17(23)11-27-16-5-2-1-4-15(16)21/h1-2,4-7,10H,3,8-9,11H2. The summed E-state index contributed by atoms with van der Waals surface area (Å²) in [5.41, 5.74) is 0.773. The molecule has 3 rings (SSSR count). The van der Waals surface area contributed by atoms with E-state index in [1.165, 1.54) is 4.90 Å². The molecule has 0 saturated heterocycles. The minimum Gasteiger partial charge on any atom is -0.481 e. The second kappa shape index (κ2) is 8.67. The van der Waals surface area contributed by atoms with Crippen molar-refractivity contribution in [3.63, 3.8) is 0 Å². The lowest BCUT2D eigenvalue weighted by atomic mass is 10.1. The van der Waals surface area contributed by atoms with Gasteiger partial charge in [-0.3, -0.25) is 14.5 Å². The zero-order valence-corrected chi connectivity index (χ0v) is 17.3. The molecule has 0 saturated carbocycles. The third-order valence-electron chi connectivity index (χ3n) is 3.90. The molecule has 27 heavy (non-hydrogen) atoms. The molecule has 2 amide bonds. The normalized spacial score (nSPS) is 12.9. The minimum atomic E-state index is -0.517. The average molecular weight is 497 g/mol. The van der Waals surface area contributed by atoms with E-state index in [0.29, 0.717) is 23.3 Å². The lowest BCUT2D eigenvalue weighted by Crippen LogP contribution is -2.31. The predicted octanol–water partition coefficient (Wildman–Crippen LogP) is 3.82. The summed E-state index contributed by atoms with van der Waals surface area (Å²) in [5.74, 6) is -0.630. The summed E-state index contributed by atoms with van der Waals surface area (Å²) >= 11 is 6.62. The van der Waals surface area contributed by atoms with Gasteiger partial charge < -0.3 is 9.47 Å². The largest absolute Gasteiger partial charge is 0.481 e. The maximum absolute atomic E-state index is 12.3. The molecule has 1 heterocycles. The van der Waals surface area contributed by atoms with Crippen LogP contribution in [0.15, 0.2) is 51.4 Å². The van der Waals surface area contributed by atoms with Crippen LogP contribution < -0.4 is 4.74 Å². The third kappa shape index (κ3) is 4.56. The van der Waals surface area contributed by atoms with Crippen molar-refractivity contribution in [1.29, 1.82) is 0 Å². The molecule has 2 aromatic rings. The number of rotatable bonds is 7. The Morgan fingerprint density at radius 2 is 1.74 bits per heavy atom. The molecule has 0 unspecified atom stereocenters. The summed E-state index contributed by atoms with van der Waals surface area (Å²) in [6.45, 7) is 0.0568. The maximum atomic E-state index is 12.3. The number of ether oxygens (including phenoxy) is 2. The topological polar surface area (TPSA) is 72.9 Å². The van der Waals surface area contributed by atoms with Gasteiger partial charge >= 0.3 is 5.97 Å². The number of amides is 2. The number of imide groups is 1. The van der Waals surface area contributed by atoms with Gasteiger partial charge in [-0.15, -0.1) is 0 Å². The maximum Gasteiger partial charge on any atom is 0.344 e. The van der Waals surface area contributed by atoms with E-state index >= 15 is 0 Å². The molecule has 0 atom stereocenters. The number of hydrogen-bond donors (Lipinski definition) is 0. The molecule has 1 aliphatic rings. The first-order valence-electron chi connectivity index (χ1n) is 8.16. The first-order chi connectivity index (χ1) is 13.0. The molecule has 2 aromatic carbocycles. The zero-order chi connectivity index (χ0) is 19.4. The first kappa shape index (κ1) is 19.6. The van der Waals surface area contributed by atoms with Crippen molar-refractivity contribution in [2.24, 2.45) is 0 Å². The molecule has 0 aliphatic carbocycles. The van der Waals surface area contributed by atoms with Crippen molar-refractivity contribution in [3.05, 3.63) is 62.5 Å². The van der Waals surface area contributed by atoms with Gasteiger partial charge in [0.1, 0.15) is 5.75 Å². The zero-order valence-electron chi connectivity index (χ0n) is 14.1. The van der Waals surface area contributed by atoms with Crippen molar-refractivity contribution >= 4 is 49.6 Å². The van der Waals surface area contributed by atoms with E-state index in [1.807, 2.05) is 6.07 Å². The van der Waals surface area contributed by atoms with Crippen LogP contribution in [-0.2, 0) is 9.53 Å². The van der Waals surface area contributed by atoms with E-state index in [0.717, 1.165) is 8.95 Å². The summed E-state index contributed by atoms with van der Waals surface area (Å²) in [6.07, 6.45) is 0.355. The highest BCUT2D eigenvalue weighted by molar-refractivity contribution is 9.10. The third-order valence-corrected chi connectivity index (χ3v) is 5.05. The van der Waals surface area contributed by atoms with Crippen molar-refractivity contribution in [2.45, 2.75) is 6.42 Å². The average Bonchev–Trinajstić information content (AvgIpc) is 2.88. The van der Waals surface area contributed by atoms with Crippen LogP contribution >= 0.6 is 31.9 Å². The van der Waals surface area contributed by atoms with Gasteiger partial charge in [0.15, 0.2) is 6.61 Å². The fourth-order valence-corrected chi connectivity index (χ4v) is 3.38. The highest BCUT2D eigenvalue weighted by atomic mass is 79.9. The van der Waals surface area contributed by atoms with Gasteiger partial charge in [0.2, 0.25) is 0 Å². The number of esters is 1. The SMILES string of the molecule is O=C(COc1ccccc1Br)OCCCN1C(=O)c2ccc(Br)cc2C1=O. The van der Waals surface area contributed by atoms with Crippen LogP contribution in [0.25, 0.3) is 0 Å². The van der Waals surface area contributed by atoms with Crippen molar-refractivity contribution in [2.75, 3.05) is 19.8 Å². The van der Waals surface area contributed by atoms with E-state index in [4.69, 9.17) is 9.47 Å². The van der Waals surface area contributed by atoms with Crippen molar-refractivity contribution < 1.29 is 23.9 Å². The number of carbonyl (C=O) groups excluding carboxylic acids is 3. The Balaban J connectivity index is 1.43. The summed E-state index contributed by atoms with van der Waals surface area (Å²) in [5, 5.41) is 0. The Hall–Kier alpha value is -2.19. The minimum absolute atomic E-state index is 0.0925. The summed E-state index contributed by atoms with van der Waals surface area (Å²) < 4.78 is 12.0. The molecule has 1 aliphatic heterocycles.